The maximum atomic E-state index is 4.76. The van der Waals surface area contributed by atoms with Crippen molar-refractivity contribution in [2.75, 3.05) is 57.2 Å². The number of nitrogens with zero attached hydrogens (tertiary/aromatic N) is 6. The molecule has 3 aliphatic heterocycles. The van der Waals surface area contributed by atoms with E-state index in [1.165, 1.54) is 25.7 Å². The first-order chi connectivity index (χ1) is 18.7. The Kier molecular flexibility index (Phi) is 5.76. The lowest BCUT2D eigenvalue weighted by Crippen LogP contribution is -2.18. The van der Waals surface area contributed by atoms with Crippen molar-refractivity contribution in [1.29, 1.82) is 0 Å². The number of fused-ring (bicyclic) bond motifs is 8. The molecule has 2 fully saturated rings. The Morgan fingerprint density at radius 3 is 1.32 bits per heavy atom. The van der Waals surface area contributed by atoms with E-state index in [-0.39, 0.29) is 0 Å². The lowest BCUT2D eigenvalue weighted by Gasteiger charge is -2.21. The molecule has 5 heterocycles. The first-order valence-corrected chi connectivity index (χ1v) is 13.3. The first-order valence-electron chi connectivity index (χ1n) is 13.3. The molecule has 3 aliphatic rings. The van der Waals surface area contributed by atoms with Crippen LogP contribution in [0.25, 0.3) is 0 Å². The number of nitrogens with one attached hydrogen (secondary N) is 4. The smallest absolute Gasteiger partial charge is 0.229 e. The van der Waals surface area contributed by atoms with Crippen LogP contribution in [0.4, 0.5) is 57.7 Å². The molecule has 7 rings (SSSR count). The summed E-state index contributed by atoms with van der Waals surface area (Å²) in [6, 6.07) is 16.5. The fourth-order valence-electron chi connectivity index (χ4n) is 5.36. The van der Waals surface area contributed by atoms with Crippen LogP contribution >= 0.6 is 0 Å². The summed E-state index contributed by atoms with van der Waals surface area (Å²) in [5.74, 6) is 2.49. The molecular formula is C28H30N10. The van der Waals surface area contributed by atoms with E-state index in [0.717, 1.165) is 60.3 Å². The normalized spacial score (nSPS) is 16.3. The molecule has 10 heteroatoms. The molecule has 38 heavy (non-hydrogen) atoms. The van der Waals surface area contributed by atoms with Gasteiger partial charge in [-0.05, 0) is 74.2 Å². The molecule has 2 aromatic heterocycles. The Bertz CT molecular complexity index is 1270. The van der Waals surface area contributed by atoms with Gasteiger partial charge in [-0.15, -0.1) is 0 Å². The van der Waals surface area contributed by atoms with Crippen LogP contribution < -0.4 is 31.1 Å². The highest BCUT2D eigenvalue weighted by Gasteiger charge is 2.17. The average Bonchev–Trinajstić information content (AvgIpc) is 3.64. The minimum atomic E-state index is 0.532. The van der Waals surface area contributed by atoms with Gasteiger partial charge in [0.05, 0.1) is 0 Å². The van der Waals surface area contributed by atoms with Gasteiger partial charge in [0.2, 0.25) is 11.9 Å². The topological polar surface area (TPSA) is 106 Å². The molecule has 0 aliphatic carbocycles. The molecule has 2 aromatic carbocycles. The van der Waals surface area contributed by atoms with Crippen molar-refractivity contribution >= 4 is 57.7 Å². The average molecular weight is 507 g/mol. The molecule has 4 N–H and O–H groups in total. The summed E-state index contributed by atoms with van der Waals surface area (Å²) in [4.78, 5) is 23.3. The highest BCUT2D eigenvalue weighted by atomic mass is 15.2. The van der Waals surface area contributed by atoms with Gasteiger partial charge >= 0.3 is 0 Å². The Balaban J connectivity index is 1.31. The third kappa shape index (κ3) is 4.84. The van der Waals surface area contributed by atoms with Crippen LogP contribution in [0.1, 0.15) is 25.7 Å². The summed E-state index contributed by atoms with van der Waals surface area (Å²) in [5.41, 5.74) is 5.99. The van der Waals surface area contributed by atoms with Crippen LogP contribution in [0.2, 0.25) is 0 Å². The quantitative estimate of drug-likeness (QED) is 0.236. The van der Waals surface area contributed by atoms with Crippen LogP contribution in [0.3, 0.4) is 0 Å². The van der Waals surface area contributed by atoms with Crippen molar-refractivity contribution in [2.24, 2.45) is 0 Å². The lowest BCUT2D eigenvalue weighted by molar-refractivity contribution is 0.949. The summed E-state index contributed by atoms with van der Waals surface area (Å²) < 4.78 is 0. The van der Waals surface area contributed by atoms with Crippen LogP contribution in [0.15, 0.2) is 60.9 Å². The maximum absolute atomic E-state index is 4.76. The van der Waals surface area contributed by atoms with Crippen LogP contribution in [0, 0.1) is 0 Å². The summed E-state index contributed by atoms with van der Waals surface area (Å²) >= 11 is 0. The van der Waals surface area contributed by atoms with Gasteiger partial charge in [-0.3, -0.25) is 0 Å². The largest absolute Gasteiger partial charge is 0.371 e. The number of hydrogen-bond acceptors (Lipinski definition) is 10. The molecule has 192 valence electrons. The van der Waals surface area contributed by atoms with Crippen LogP contribution in [0.5, 0.6) is 0 Å². The van der Waals surface area contributed by atoms with Gasteiger partial charge in [0.25, 0.3) is 0 Å². The van der Waals surface area contributed by atoms with Gasteiger partial charge in [0.15, 0.2) is 0 Å². The zero-order chi connectivity index (χ0) is 25.3. The minimum Gasteiger partial charge on any atom is -0.371 e. The lowest BCUT2D eigenvalue weighted by atomic mass is 10.2. The molecular weight excluding hydrogens is 476 g/mol. The summed E-state index contributed by atoms with van der Waals surface area (Å²) in [5, 5.41) is 13.8. The van der Waals surface area contributed by atoms with Crippen molar-refractivity contribution in [3.8, 4) is 0 Å². The predicted octanol–water partition coefficient (Wildman–Crippen LogP) is 5.75. The molecule has 0 spiro atoms. The van der Waals surface area contributed by atoms with Crippen molar-refractivity contribution in [1.82, 2.24) is 19.9 Å². The molecule has 0 unspecified atom stereocenters. The van der Waals surface area contributed by atoms with Gasteiger partial charge in [-0.1, -0.05) is 0 Å². The van der Waals surface area contributed by atoms with E-state index in [0.29, 0.717) is 23.5 Å². The second-order valence-electron chi connectivity index (χ2n) is 9.96. The second-order valence-corrected chi connectivity index (χ2v) is 9.96. The zero-order valence-corrected chi connectivity index (χ0v) is 21.1. The maximum Gasteiger partial charge on any atom is 0.229 e. The fourth-order valence-corrected chi connectivity index (χ4v) is 5.36. The molecule has 4 aromatic rings. The summed E-state index contributed by atoms with van der Waals surface area (Å²) in [7, 11) is 0. The molecule has 0 atom stereocenters. The third-order valence-electron chi connectivity index (χ3n) is 7.15. The fraction of sp³-hybridized carbons (Fsp3) is 0.286. The second kappa shape index (κ2) is 9.70. The van der Waals surface area contributed by atoms with Crippen molar-refractivity contribution in [3.05, 3.63) is 60.9 Å². The van der Waals surface area contributed by atoms with Gasteiger partial charge in [0, 0.05) is 72.7 Å². The van der Waals surface area contributed by atoms with Crippen molar-refractivity contribution in [3.63, 3.8) is 0 Å². The highest BCUT2D eigenvalue weighted by molar-refractivity contribution is 5.76. The van der Waals surface area contributed by atoms with Gasteiger partial charge in [-0.25, -0.2) is 9.97 Å². The Morgan fingerprint density at radius 2 is 0.895 bits per heavy atom. The van der Waals surface area contributed by atoms with E-state index in [4.69, 9.17) is 9.97 Å². The van der Waals surface area contributed by atoms with Crippen LogP contribution in [-0.4, -0.2) is 46.1 Å². The van der Waals surface area contributed by atoms with E-state index >= 15 is 0 Å². The van der Waals surface area contributed by atoms with Gasteiger partial charge in [-0.2, -0.15) is 9.97 Å². The van der Waals surface area contributed by atoms with E-state index in [1.807, 2.05) is 12.1 Å². The number of aromatic nitrogens is 4. The molecule has 2 saturated heterocycles. The Morgan fingerprint density at radius 1 is 0.500 bits per heavy atom. The van der Waals surface area contributed by atoms with Crippen molar-refractivity contribution < 1.29 is 0 Å². The SMILES string of the molecule is c1cc2nc(n1)Nc1cc(cc(N3CCCC3)c1)Nc1ccnc(n1)Nc1cc(cc(N3CCCC3)c1)N2. The third-order valence-corrected chi connectivity index (χ3v) is 7.15. The van der Waals surface area contributed by atoms with E-state index in [2.05, 4.69) is 77.4 Å². The Labute approximate surface area is 221 Å². The van der Waals surface area contributed by atoms with Gasteiger partial charge in [0.1, 0.15) is 11.6 Å². The van der Waals surface area contributed by atoms with Gasteiger partial charge < -0.3 is 31.1 Å². The first kappa shape index (κ1) is 22.6. The molecule has 0 radical (unpaired) electrons. The standard InChI is InChI=1S/C28H30N10/c1-2-10-37(9-1)23-15-19-13-21(17-23)33-27-29-8-6-26(36-27)32-20-14-22(18-24(16-20)38-11-3-4-12-38)34-28-30-7-5-25(31-19)35-28/h5-8,13-18H,1-4,9-12H2,(H2,30,31,34,35)(H2,29,32,33,36). The summed E-state index contributed by atoms with van der Waals surface area (Å²) in [6.07, 6.45) is 8.37. The van der Waals surface area contributed by atoms with E-state index in [9.17, 15) is 0 Å². The summed E-state index contributed by atoms with van der Waals surface area (Å²) in [6.45, 7) is 4.21. The number of anilines is 10. The molecule has 0 saturated carbocycles. The van der Waals surface area contributed by atoms with Crippen LogP contribution in [-0.2, 0) is 0 Å². The number of benzene rings is 2. The minimum absolute atomic E-state index is 0.532. The molecule has 8 bridgehead atoms. The monoisotopic (exact) mass is 506 g/mol. The zero-order valence-electron chi connectivity index (χ0n) is 21.1. The highest BCUT2D eigenvalue weighted by Crippen LogP contribution is 2.33. The number of rotatable bonds is 2. The van der Waals surface area contributed by atoms with E-state index < -0.39 is 0 Å². The molecule has 0 amide bonds. The predicted molar refractivity (Wildman–Crippen MR) is 153 cm³/mol. The Hall–Kier alpha value is -4.60. The number of hydrogen-bond donors (Lipinski definition) is 4. The molecule has 10 nitrogen and oxygen atoms in total. The van der Waals surface area contributed by atoms with Crippen molar-refractivity contribution in [2.45, 2.75) is 25.7 Å². The van der Waals surface area contributed by atoms with E-state index in [1.54, 1.807) is 12.4 Å².